The summed E-state index contributed by atoms with van der Waals surface area (Å²) in [5.41, 5.74) is 4.97. The van der Waals surface area contributed by atoms with Gasteiger partial charge in [-0.3, -0.25) is 4.79 Å². The molecule has 2 aliphatic rings. The van der Waals surface area contributed by atoms with E-state index in [1.54, 1.807) is 4.90 Å². The lowest BCUT2D eigenvalue weighted by Crippen LogP contribution is -2.49. The van der Waals surface area contributed by atoms with Gasteiger partial charge in [0.1, 0.15) is 0 Å². The van der Waals surface area contributed by atoms with Gasteiger partial charge in [-0.05, 0) is 41.5 Å². The standard InChI is InChI=1S/C22H26N2O/c1-24-21-11-3-2-10-19(21)14-20(22(24)25)23-15-18-9-5-8-17(13-18)12-16-6-4-7-16/h2-3,5,8-11,13,16,20,23H,4,6-7,12,14-15H2,1H3. The maximum Gasteiger partial charge on any atom is 0.244 e. The Bertz CT molecular complexity index is 766. The first-order chi connectivity index (χ1) is 12.2. The van der Waals surface area contributed by atoms with Crippen molar-refractivity contribution in [1.29, 1.82) is 0 Å². The molecule has 3 nitrogen and oxygen atoms in total. The van der Waals surface area contributed by atoms with Crippen LogP contribution in [0.5, 0.6) is 0 Å². The third-order valence-corrected chi connectivity index (χ3v) is 5.70. The molecule has 2 aromatic carbocycles. The van der Waals surface area contributed by atoms with E-state index in [-0.39, 0.29) is 11.9 Å². The van der Waals surface area contributed by atoms with Crippen LogP contribution in [0.15, 0.2) is 48.5 Å². The van der Waals surface area contributed by atoms with Crippen molar-refractivity contribution in [3.8, 4) is 0 Å². The van der Waals surface area contributed by atoms with Crippen LogP contribution in [0.1, 0.15) is 36.0 Å². The summed E-state index contributed by atoms with van der Waals surface area (Å²) < 4.78 is 0. The quantitative estimate of drug-likeness (QED) is 0.904. The fourth-order valence-corrected chi connectivity index (χ4v) is 3.97. The van der Waals surface area contributed by atoms with Gasteiger partial charge in [-0.25, -0.2) is 0 Å². The molecule has 1 amide bonds. The molecule has 25 heavy (non-hydrogen) atoms. The van der Waals surface area contributed by atoms with Gasteiger partial charge in [0.25, 0.3) is 0 Å². The first-order valence-electron chi connectivity index (χ1n) is 9.37. The lowest BCUT2D eigenvalue weighted by molar-refractivity contribution is -0.120. The van der Waals surface area contributed by atoms with Crippen LogP contribution < -0.4 is 10.2 Å². The van der Waals surface area contributed by atoms with Crippen molar-refractivity contribution in [2.24, 2.45) is 5.92 Å². The molecular formula is C22H26N2O. The van der Waals surface area contributed by atoms with Crippen molar-refractivity contribution in [3.05, 3.63) is 65.2 Å². The van der Waals surface area contributed by atoms with Crippen molar-refractivity contribution < 1.29 is 4.79 Å². The molecule has 1 aliphatic heterocycles. The summed E-state index contributed by atoms with van der Waals surface area (Å²) in [5, 5.41) is 3.48. The molecule has 1 aliphatic carbocycles. The van der Waals surface area contributed by atoms with E-state index < -0.39 is 0 Å². The molecule has 0 bridgehead atoms. The van der Waals surface area contributed by atoms with Crippen molar-refractivity contribution in [3.63, 3.8) is 0 Å². The molecule has 2 aromatic rings. The smallest absolute Gasteiger partial charge is 0.244 e. The Balaban J connectivity index is 1.41. The van der Waals surface area contributed by atoms with E-state index in [1.807, 2.05) is 25.2 Å². The van der Waals surface area contributed by atoms with Gasteiger partial charge < -0.3 is 10.2 Å². The summed E-state index contributed by atoms with van der Waals surface area (Å²) in [7, 11) is 1.87. The van der Waals surface area contributed by atoms with Crippen LogP contribution in [0.4, 0.5) is 5.69 Å². The topological polar surface area (TPSA) is 32.3 Å². The number of anilines is 1. The lowest BCUT2D eigenvalue weighted by Gasteiger charge is -2.32. The maximum absolute atomic E-state index is 12.6. The second kappa shape index (κ2) is 7.01. The molecule has 4 rings (SSSR count). The number of benzene rings is 2. The third kappa shape index (κ3) is 3.47. The summed E-state index contributed by atoms with van der Waals surface area (Å²) in [6, 6.07) is 16.9. The molecule has 1 saturated carbocycles. The largest absolute Gasteiger partial charge is 0.314 e. The normalized spacial score (nSPS) is 20.3. The highest BCUT2D eigenvalue weighted by Crippen LogP contribution is 2.30. The Morgan fingerprint density at radius 2 is 1.88 bits per heavy atom. The minimum atomic E-state index is -0.143. The van der Waals surface area contributed by atoms with E-state index in [9.17, 15) is 4.79 Å². The zero-order valence-electron chi connectivity index (χ0n) is 14.9. The molecule has 130 valence electrons. The number of carbonyl (C=O) groups is 1. The molecule has 1 N–H and O–H groups in total. The average molecular weight is 334 g/mol. The number of likely N-dealkylation sites (N-methyl/N-ethyl adjacent to an activating group) is 1. The Morgan fingerprint density at radius 3 is 2.68 bits per heavy atom. The highest BCUT2D eigenvalue weighted by molar-refractivity contribution is 5.99. The Kier molecular flexibility index (Phi) is 4.58. The second-order valence-corrected chi connectivity index (χ2v) is 7.48. The van der Waals surface area contributed by atoms with Gasteiger partial charge in [0, 0.05) is 19.3 Å². The zero-order valence-corrected chi connectivity index (χ0v) is 14.9. The maximum atomic E-state index is 12.6. The lowest BCUT2D eigenvalue weighted by atomic mass is 9.81. The number of carbonyl (C=O) groups excluding carboxylic acids is 1. The number of nitrogens with zero attached hydrogens (tertiary/aromatic N) is 1. The summed E-state index contributed by atoms with van der Waals surface area (Å²) in [5.74, 6) is 1.04. The van der Waals surface area contributed by atoms with Crippen LogP contribution >= 0.6 is 0 Å². The van der Waals surface area contributed by atoms with Crippen LogP contribution in [0, 0.1) is 5.92 Å². The Morgan fingerprint density at radius 1 is 1.08 bits per heavy atom. The van der Waals surface area contributed by atoms with E-state index in [2.05, 4.69) is 35.6 Å². The van der Waals surface area contributed by atoms with Crippen molar-refractivity contribution in [1.82, 2.24) is 5.32 Å². The van der Waals surface area contributed by atoms with Gasteiger partial charge in [-0.1, -0.05) is 61.7 Å². The molecule has 0 radical (unpaired) electrons. The Labute approximate surface area is 150 Å². The van der Waals surface area contributed by atoms with Crippen LogP contribution in [0.3, 0.4) is 0 Å². The van der Waals surface area contributed by atoms with Gasteiger partial charge in [-0.2, -0.15) is 0 Å². The molecule has 0 saturated heterocycles. The van der Waals surface area contributed by atoms with E-state index in [1.165, 1.54) is 42.4 Å². The van der Waals surface area contributed by atoms with Gasteiger partial charge >= 0.3 is 0 Å². The predicted octanol–water partition coefficient (Wildman–Crippen LogP) is 3.71. The van der Waals surface area contributed by atoms with Crippen LogP contribution in [0.2, 0.25) is 0 Å². The summed E-state index contributed by atoms with van der Waals surface area (Å²) in [4.78, 5) is 14.4. The predicted molar refractivity (Wildman–Crippen MR) is 102 cm³/mol. The highest BCUT2D eigenvalue weighted by atomic mass is 16.2. The number of hydrogen-bond acceptors (Lipinski definition) is 2. The van der Waals surface area contributed by atoms with Crippen LogP contribution in [-0.2, 0) is 24.2 Å². The fourth-order valence-electron chi connectivity index (χ4n) is 3.97. The minimum Gasteiger partial charge on any atom is -0.314 e. The first kappa shape index (κ1) is 16.3. The van der Waals surface area contributed by atoms with E-state index in [0.717, 1.165) is 24.6 Å². The van der Waals surface area contributed by atoms with Crippen LogP contribution in [0.25, 0.3) is 0 Å². The summed E-state index contributed by atoms with van der Waals surface area (Å²) in [6.45, 7) is 0.741. The fraction of sp³-hybridized carbons (Fsp3) is 0.409. The van der Waals surface area contributed by atoms with Crippen molar-refractivity contribution in [2.75, 3.05) is 11.9 Å². The molecule has 0 aromatic heterocycles. The second-order valence-electron chi connectivity index (χ2n) is 7.48. The SMILES string of the molecule is CN1C(=O)C(NCc2cccc(CC3CCC3)c2)Cc2ccccc21. The van der Waals surface area contributed by atoms with Crippen molar-refractivity contribution >= 4 is 11.6 Å². The number of hydrogen-bond donors (Lipinski definition) is 1. The number of amides is 1. The van der Waals surface area contributed by atoms with Gasteiger partial charge in [0.2, 0.25) is 5.91 Å². The van der Waals surface area contributed by atoms with Crippen molar-refractivity contribution in [2.45, 2.75) is 44.7 Å². The third-order valence-electron chi connectivity index (χ3n) is 5.70. The van der Waals surface area contributed by atoms with E-state index in [0.29, 0.717) is 0 Å². The van der Waals surface area contributed by atoms with E-state index in [4.69, 9.17) is 0 Å². The highest BCUT2D eigenvalue weighted by Gasteiger charge is 2.29. The average Bonchev–Trinajstić information content (AvgIpc) is 2.60. The number of rotatable bonds is 5. The minimum absolute atomic E-state index is 0.143. The number of fused-ring (bicyclic) bond motifs is 1. The number of nitrogens with one attached hydrogen (secondary N) is 1. The molecule has 1 unspecified atom stereocenters. The number of para-hydroxylation sites is 1. The van der Waals surface area contributed by atoms with E-state index >= 15 is 0 Å². The Hall–Kier alpha value is -2.13. The molecular weight excluding hydrogens is 308 g/mol. The monoisotopic (exact) mass is 334 g/mol. The summed E-state index contributed by atoms with van der Waals surface area (Å²) in [6.07, 6.45) is 6.12. The molecule has 1 fully saturated rings. The molecule has 1 atom stereocenters. The molecule has 0 spiro atoms. The summed E-state index contributed by atoms with van der Waals surface area (Å²) >= 11 is 0. The van der Waals surface area contributed by atoms with Gasteiger partial charge in [0.15, 0.2) is 0 Å². The first-order valence-corrected chi connectivity index (χ1v) is 9.37. The molecule has 1 heterocycles. The van der Waals surface area contributed by atoms with Gasteiger partial charge in [0.05, 0.1) is 6.04 Å². The van der Waals surface area contributed by atoms with Gasteiger partial charge in [-0.15, -0.1) is 0 Å². The van der Waals surface area contributed by atoms with Crippen LogP contribution in [-0.4, -0.2) is 19.0 Å². The molecule has 3 heteroatoms. The zero-order chi connectivity index (χ0) is 17.2.